The van der Waals surface area contributed by atoms with Gasteiger partial charge in [-0.25, -0.2) is 4.85 Å². The van der Waals surface area contributed by atoms with E-state index in [4.69, 9.17) is 11.3 Å². The van der Waals surface area contributed by atoms with Crippen LogP contribution in [0, 0.1) is 6.57 Å². The molecule has 0 spiro atoms. The summed E-state index contributed by atoms with van der Waals surface area (Å²) in [6.07, 6.45) is 3.66. The summed E-state index contributed by atoms with van der Waals surface area (Å²) in [6.45, 7) is 18.9. The molecule has 4 aliphatic heterocycles. The zero-order valence-corrected chi connectivity index (χ0v) is 34.8. The minimum atomic E-state index is -1.06. The quantitative estimate of drug-likeness (QED) is 0.126. The highest BCUT2D eigenvalue weighted by Crippen LogP contribution is 2.46. The summed E-state index contributed by atoms with van der Waals surface area (Å²) in [4.78, 5) is 93.0. The van der Waals surface area contributed by atoms with Gasteiger partial charge in [0.1, 0.15) is 11.8 Å². The van der Waals surface area contributed by atoms with Gasteiger partial charge in [0.05, 0.1) is 29.9 Å². The van der Waals surface area contributed by atoms with Crippen LogP contribution in [0.1, 0.15) is 113 Å². The van der Waals surface area contributed by atoms with Crippen LogP contribution in [0.5, 0.6) is 5.75 Å². The summed E-state index contributed by atoms with van der Waals surface area (Å²) in [6, 6.07) is 14.0. The summed E-state index contributed by atoms with van der Waals surface area (Å²) >= 11 is 0. The van der Waals surface area contributed by atoms with Crippen LogP contribution in [0.3, 0.4) is 0 Å². The van der Waals surface area contributed by atoms with Crippen LogP contribution in [0.2, 0.25) is 0 Å². The molecule has 5 aliphatic rings. The van der Waals surface area contributed by atoms with Crippen LogP contribution >= 0.6 is 0 Å². The lowest BCUT2D eigenvalue weighted by Gasteiger charge is -2.44. The number of ketones is 1. The summed E-state index contributed by atoms with van der Waals surface area (Å²) in [5.74, 6) is -1.99. The molecule has 0 saturated carbocycles. The molecule has 14 heteroatoms. The van der Waals surface area contributed by atoms with E-state index in [0.717, 1.165) is 78.1 Å². The van der Waals surface area contributed by atoms with Gasteiger partial charge in [-0.15, -0.1) is 0 Å². The van der Waals surface area contributed by atoms with Crippen molar-refractivity contribution in [1.29, 1.82) is 0 Å². The fourth-order valence-electron chi connectivity index (χ4n) is 10.1. The third-order valence-corrected chi connectivity index (χ3v) is 13.5. The van der Waals surface area contributed by atoms with Crippen molar-refractivity contribution in [2.24, 2.45) is 0 Å². The number of aromatic nitrogens is 1. The second-order valence-electron chi connectivity index (χ2n) is 17.3. The molecular weight excluding hydrogens is 775 g/mol. The highest BCUT2D eigenvalue weighted by Gasteiger charge is 2.46. The summed E-state index contributed by atoms with van der Waals surface area (Å²) < 4.78 is 5.95. The summed E-state index contributed by atoms with van der Waals surface area (Å²) in [7, 11) is 0. The summed E-state index contributed by atoms with van der Waals surface area (Å²) in [5, 5.41) is 3.07. The first kappa shape index (κ1) is 40.1. The molecule has 5 amide bonds. The minimum Gasteiger partial charge on any atom is -0.493 e. The number of imide groups is 2. The largest absolute Gasteiger partial charge is 0.493 e. The van der Waals surface area contributed by atoms with Gasteiger partial charge in [0, 0.05) is 91.4 Å². The molecule has 0 bridgehead atoms. The van der Waals surface area contributed by atoms with Crippen molar-refractivity contribution >= 4 is 57.6 Å². The number of carbonyl (C=O) groups is 6. The highest BCUT2D eigenvalue weighted by molar-refractivity contribution is 6.24. The third kappa shape index (κ3) is 6.85. The van der Waals surface area contributed by atoms with Gasteiger partial charge < -0.3 is 19.5 Å². The number of nitrogens with zero attached hydrogens (tertiary/aromatic N) is 5. The van der Waals surface area contributed by atoms with Gasteiger partial charge >= 0.3 is 0 Å². The Kier molecular flexibility index (Phi) is 10.3. The van der Waals surface area contributed by atoms with E-state index in [1.54, 1.807) is 18.2 Å². The summed E-state index contributed by atoms with van der Waals surface area (Å²) in [5.41, 5.74) is 6.93. The van der Waals surface area contributed by atoms with Gasteiger partial charge in [0.25, 0.3) is 11.8 Å². The van der Waals surface area contributed by atoms with Crippen LogP contribution in [-0.4, -0.2) is 113 Å². The normalized spacial score (nSPS) is 20.4. The number of ether oxygens (including phenoxy) is 1. The Hall–Kier alpha value is -6.33. The Morgan fingerprint density at radius 2 is 1.67 bits per heavy atom. The van der Waals surface area contributed by atoms with Crippen LogP contribution < -0.4 is 15.0 Å². The van der Waals surface area contributed by atoms with Crippen molar-refractivity contribution in [3.63, 3.8) is 0 Å². The molecule has 0 radical (unpaired) electrons. The average molecular weight is 824 g/mol. The number of carbonyl (C=O) groups excluding carboxylic acids is 6. The molecular formula is C47H49N7O7. The predicted octanol–water partition coefficient (Wildman–Crippen LogP) is 5.52. The zero-order valence-electron chi connectivity index (χ0n) is 34.8. The van der Waals surface area contributed by atoms with Crippen LogP contribution in [0.4, 0.5) is 11.4 Å². The van der Waals surface area contributed by atoms with E-state index in [1.807, 2.05) is 17.0 Å². The second kappa shape index (κ2) is 15.6. The Morgan fingerprint density at radius 1 is 0.902 bits per heavy atom. The number of rotatable bonds is 9. The topological polar surface area (TPSA) is 157 Å². The molecule has 3 saturated heterocycles. The number of benzene rings is 3. The van der Waals surface area contributed by atoms with Gasteiger partial charge in [0.2, 0.25) is 17.7 Å². The van der Waals surface area contributed by atoms with Gasteiger partial charge in [-0.2, -0.15) is 0 Å². The maximum Gasteiger partial charge on any atom is 0.266 e. The van der Waals surface area contributed by atoms with E-state index in [2.05, 4.69) is 57.8 Å². The monoisotopic (exact) mass is 823 g/mol. The van der Waals surface area contributed by atoms with E-state index >= 15 is 0 Å². The molecule has 1 unspecified atom stereocenters. The van der Waals surface area contributed by atoms with Gasteiger partial charge in [-0.1, -0.05) is 39.0 Å². The number of hydrogen-bond donors (Lipinski definition) is 2. The van der Waals surface area contributed by atoms with Crippen LogP contribution in [0.25, 0.3) is 15.7 Å². The molecule has 61 heavy (non-hydrogen) atoms. The molecule has 1 aliphatic carbocycles. The third-order valence-electron chi connectivity index (χ3n) is 13.5. The number of fused-ring (bicyclic) bond motifs is 5. The van der Waals surface area contributed by atoms with Crippen molar-refractivity contribution in [3.05, 3.63) is 99.0 Å². The Labute approximate surface area is 354 Å². The Balaban J connectivity index is 0.771. The molecule has 5 heterocycles. The lowest BCUT2D eigenvalue weighted by molar-refractivity contribution is -0.136. The van der Waals surface area contributed by atoms with Crippen molar-refractivity contribution in [3.8, 4) is 5.75 Å². The molecule has 314 valence electrons. The molecule has 3 aromatic carbocycles. The standard InChI is InChI=1S/C47H49N7O7/c1-5-27-24-32-33(47(2,3)43-41(42(32)57)30-12-11-28(48-4)25-34(30)49-43)26-36(27)52-17-15-29(16-18-52)51-19-21-53(22-20-51)39(56)10-7-23-61-37-9-6-8-31-40(37)46(60)54(45(31)59)35-13-14-38(55)50-44(35)58/h6,8-9,11-12,24-26,29,35,49H,5,7,10,13-23H2,1-3H3,(H,50,55,58). The lowest BCUT2D eigenvalue weighted by atomic mass is 9.70. The highest BCUT2D eigenvalue weighted by atomic mass is 16.5. The molecule has 9 rings (SSSR count). The van der Waals surface area contributed by atoms with Gasteiger partial charge in [-0.3, -0.25) is 43.9 Å². The zero-order chi connectivity index (χ0) is 42.7. The predicted molar refractivity (Wildman–Crippen MR) is 227 cm³/mol. The number of aryl methyl sites for hydroxylation is 1. The van der Waals surface area contributed by atoms with Crippen molar-refractivity contribution in [2.75, 3.05) is 50.8 Å². The number of hydrogen-bond acceptors (Lipinski definition) is 9. The van der Waals surface area contributed by atoms with Crippen molar-refractivity contribution < 1.29 is 33.5 Å². The number of H-pyrrole nitrogens is 1. The fourth-order valence-corrected chi connectivity index (χ4v) is 10.1. The maximum absolute atomic E-state index is 14.1. The van der Waals surface area contributed by atoms with E-state index in [1.165, 1.54) is 17.3 Å². The van der Waals surface area contributed by atoms with Crippen molar-refractivity contribution in [2.45, 2.75) is 83.2 Å². The molecule has 14 nitrogen and oxygen atoms in total. The Bertz CT molecular complexity index is 2570. The lowest BCUT2D eigenvalue weighted by Crippen LogP contribution is -2.54. The minimum absolute atomic E-state index is 0.0325. The van der Waals surface area contributed by atoms with Gasteiger partial charge in [-0.05, 0) is 73.6 Å². The number of amides is 5. The molecule has 2 N–H and O–H groups in total. The molecule has 1 atom stereocenters. The van der Waals surface area contributed by atoms with Gasteiger partial charge in [0.15, 0.2) is 11.5 Å². The number of piperidine rings is 2. The maximum atomic E-state index is 14.1. The SMILES string of the molecule is [C-]#[N+]c1ccc2c3c([nH]c2c1)C(C)(C)c1cc(N2CCC(N4CCN(C(=O)CCCOc5cccc6c5C(=O)N(C5CCC(=O)NC5=O)C6=O)CC4)CC2)c(CC)cc1C3=O. The number of nitrogens with one attached hydrogen (secondary N) is 2. The second-order valence-corrected chi connectivity index (χ2v) is 17.3. The first-order valence-electron chi connectivity index (χ1n) is 21.4. The van der Waals surface area contributed by atoms with E-state index < -0.39 is 35.1 Å². The smallest absolute Gasteiger partial charge is 0.266 e. The number of piperazine rings is 1. The first-order valence-corrected chi connectivity index (χ1v) is 21.4. The van der Waals surface area contributed by atoms with E-state index in [9.17, 15) is 28.8 Å². The fraction of sp³-hybridized carbons (Fsp3) is 0.426. The van der Waals surface area contributed by atoms with Crippen LogP contribution in [0.15, 0.2) is 48.5 Å². The number of aromatic amines is 1. The molecule has 3 fully saturated rings. The van der Waals surface area contributed by atoms with Crippen molar-refractivity contribution in [1.82, 2.24) is 25.0 Å². The molecule has 4 aromatic rings. The first-order chi connectivity index (χ1) is 29.4. The average Bonchev–Trinajstić information content (AvgIpc) is 3.79. The van der Waals surface area contributed by atoms with E-state index in [0.29, 0.717) is 36.8 Å². The Morgan fingerprint density at radius 3 is 2.39 bits per heavy atom. The number of anilines is 1. The van der Waals surface area contributed by atoms with E-state index in [-0.39, 0.29) is 54.4 Å². The molecule has 1 aromatic heterocycles. The van der Waals surface area contributed by atoms with Crippen LogP contribution in [-0.2, 0) is 26.2 Å².